The lowest BCUT2D eigenvalue weighted by Crippen LogP contribution is -2.42. The van der Waals surface area contributed by atoms with Crippen LogP contribution in [0, 0.1) is 0 Å². The fourth-order valence-electron chi connectivity index (χ4n) is 1.40. The number of rotatable bonds is 6. The SMILES string of the molecule is CCN(CC)C(C)CNCC(F)(F)F. The van der Waals surface area contributed by atoms with Crippen molar-refractivity contribution in [2.45, 2.75) is 33.0 Å². The lowest BCUT2D eigenvalue weighted by Gasteiger charge is -2.26. The third-order valence-electron chi connectivity index (χ3n) is 2.20. The molecule has 1 unspecified atom stereocenters. The number of halogens is 3. The van der Waals surface area contributed by atoms with Crippen LogP contribution in [0.5, 0.6) is 0 Å². The first-order chi connectivity index (χ1) is 6.40. The van der Waals surface area contributed by atoms with E-state index in [-0.39, 0.29) is 6.04 Å². The molecule has 0 bridgehead atoms. The summed E-state index contributed by atoms with van der Waals surface area (Å²) >= 11 is 0. The summed E-state index contributed by atoms with van der Waals surface area (Å²) in [7, 11) is 0. The summed E-state index contributed by atoms with van der Waals surface area (Å²) in [6, 6.07) is 0.146. The van der Waals surface area contributed by atoms with Gasteiger partial charge in [0.1, 0.15) is 0 Å². The lowest BCUT2D eigenvalue weighted by atomic mass is 10.3. The molecule has 1 atom stereocenters. The third-order valence-corrected chi connectivity index (χ3v) is 2.20. The van der Waals surface area contributed by atoms with Crippen molar-refractivity contribution in [3.8, 4) is 0 Å². The second-order valence-electron chi connectivity index (χ2n) is 3.32. The van der Waals surface area contributed by atoms with Crippen molar-refractivity contribution in [1.82, 2.24) is 10.2 Å². The molecule has 0 heterocycles. The molecular weight excluding hydrogens is 193 g/mol. The zero-order valence-corrected chi connectivity index (χ0v) is 8.99. The molecule has 0 aromatic carbocycles. The van der Waals surface area contributed by atoms with Crippen molar-refractivity contribution < 1.29 is 13.2 Å². The quantitative estimate of drug-likeness (QED) is 0.723. The first kappa shape index (κ1) is 13.7. The predicted molar refractivity (Wildman–Crippen MR) is 51.3 cm³/mol. The molecule has 0 saturated carbocycles. The van der Waals surface area contributed by atoms with E-state index in [1.807, 2.05) is 20.8 Å². The highest BCUT2D eigenvalue weighted by Gasteiger charge is 2.26. The van der Waals surface area contributed by atoms with Gasteiger partial charge in [0.15, 0.2) is 0 Å². The Morgan fingerprint density at radius 1 is 1.21 bits per heavy atom. The van der Waals surface area contributed by atoms with Crippen LogP contribution in [0.15, 0.2) is 0 Å². The lowest BCUT2D eigenvalue weighted by molar-refractivity contribution is -0.125. The van der Waals surface area contributed by atoms with Crippen molar-refractivity contribution >= 4 is 0 Å². The maximum absolute atomic E-state index is 11.8. The minimum atomic E-state index is -4.11. The van der Waals surface area contributed by atoms with E-state index in [0.717, 1.165) is 13.1 Å². The number of hydrogen-bond donors (Lipinski definition) is 1. The van der Waals surface area contributed by atoms with E-state index in [1.165, 1.54) is 0 Å². The molecule has 0 aromatic rings. The maximum atomic E-state index is 11.8. The molecule has 86 valence electrons. The van der Waals surface area contributed by atoms with Gasteiger partial charge in [-0.05, 0) is 20.0 Å². The van der Waals surface area contributed by atoms with Gasteiger partial charge in [0.05, 0.1) is 6.54 Å². The monoisotopic (exact) mass is 212 g/mol. The Balaban J connectivity index is 3.67. The Hall–Kier alpha value is -0.290. The molecule has 0 rings (SSSR count). The first-order valence-electron chi connectivity index (χ1n) is 4.92. The normalized spacial score (nSPS) is 14.8. The number of alkyl halides is 3. The van der Waals surface area contributed by atoms with Crippen LogP contribution in [-0.4, -0.2) is 43.3 Å². The average Bonchev–Trinajstić information content (AvgIpc) is 2.04. The largest absolute Gasteiger partial charge is 0.401 e. The van der Waals surface area contributed by atoms with Gasteiger partial charge in [0, 0.05) is 12.6 Å². The molecule has 0 amide bonds. The fourth-order valence-corrected chi connectivity index (χ4v) is 1.40. The van der Waals surface area contributed by atoms with Crippen LogP contribution in [0.3, 0.4) is 0 Å². The Bertz CT molecular complexity index is 143. The molecule has 2 nitrogen and oxygen atoms in total. The standard InChI is InChI=1S/C9H19F3N2/c1-4-14(5-2)8(3)6-13-7-9(10,11)12/h8,13H,4-7H2,1-3H3. The Kier molecular flexibility index (Phi) is 6.11. The molecule has 0 aliphatic heterocycles. The van der Waals surface area contributed by atoms with Gasteiger partial charge in [0.2, 0.25) is 0 Å². The fraction of sp³-hybridized carbons (Fsp3) is 1.00. The highest BCUT2D eigenvalue weighted by Crippen LogP contribution is 2.12. The van der Waals surface area contributed by atoms with Crippen molar-refractivity contribution in [2.75, 3.05) is 26.2 Å². The Morgan fingerprint density at radius 3 is 2.07 bits per heavy atom. The van der Waals surface area contributed by atoms with Gasteiger partial charge in [-0.1, -0.05) is 13.8 Å². The summed E-state index contributed by atoms with van der Waals surface area (Å²) in [6.45, 7) is 7.14. The van der Waals surface area contributed by atoms with Gasteiger partial charge in [-0.25, -0.2) is 0 Å². The van der Waals surface area contributed by atoms with Crippen molar-refractivity contribution in [2.24, 2.45) is 0 Å². The number of hydrogen-bond acceptors (Lipinski definition) is 2. The van der Waals surface area contributed by atoms with Crippen LogP contribution in [0.25, 0.3) is 0 Å². The van der Waals surface area contributed by atoms with E-state index in [0.29, 0.717) is 6.54 Å². The van der Waals surface area contributed by atoms with E-state index >= 15 is 0 Å². The van der Waals surface area contributed by atoms with Gasteiger partial charge in [-0.3, -0.25) is 4.90 Å². The Morgan fingerprint density at radius 2 is 1.71 bits per heavy atom. The number of nitrogens with one attached hydrogen (secondary N) is 1. The molecule has 0 aromatic heterocycles. The molecule has 0 fully saturated rings. The topological polar surface area (TPSA) is 15.3 Å². The predicted octanol–water partition coefficient (Wildman–Crippen LogP) is 1.87. The second kappa shape index (κ2) is 6.24. The Labute approximate surface area is 83.5 Å². The smallest absolute Gasteiger partial charge is 0.307 e. The van der Waals surface area contributed by atoms with Crippen LogP contribution in [0.1, 0.15) is 20.8 Å². The van der Waals surface area contributed by atoms with E-state index < -0.39 is 12.7 Å². The van der Waals surface area contributed by atoms with Gasteiger partial charge >= 0.3 is 6.18 Å². The number of likely N-dealkylation sites (N-methyl/N-ethyl adjacent to an activating group) is 1. The molecule has 0 aliphatic carbocycles. The average molecular weight is 212 g/mol. The molecule has 0 aliphatic rings. The molecule has 0 spiro atoms. The van der Waals surface area contributed by atoms with Crippen LogP contribution >= 0.6 is 0 Å². The summed E-state index contributed by atoms with van der Waals surface area (Å²) < 4.78 is 35.4. The van der Waals surface area contributed by atoms with E-state index in [9.17, 15) is 13.2 Å². The summed E-state index contributed by atoms with van der Waals surface area (Å²) in [5, 5.41) is 2.41. The van der Waals surface area contributed by atoms with Crippen LogP contribution in [0.2, 0.25) is 0 Å². The summed E-state index contributed by atoms with van der Waals surface area (Å²) in [5.41, 5.74) is 0. The molecular formula is C9H19F3N2. The van der Waals surface area contributed by atoms with E-state index in [1.54, 1.807) is 0 Å². The molecule has 14 heavy (non-hydrogen) atoms. The summed E-state index contributed by atoms with van der Waals surface area (Å²) in [6.07, 6.45) is -4.11. The van der Waals surface area contributed by atoms with Gasteiger partial charge in [-0.15, -0.1) is 0 Å². The summed E-state index contributed by atoms with van der Waals surface area (Å²) in [5.74, 6) is 0. The molecule has 1 N–H and O–H groups in total. The van der Waals surface area contributed by atoms with Crippen LogP contribution < -0.4 is 5.32 Å². The minimum Gasteiger partial charge on any atom is -0.307 e. The van der Waals surface area contributed by atoms with Crippen molar-refractivity contribution in [3.05, 3.63) is 0 Å². The molecule has 5 heteroatoms. The first-order valence-corrected chi connectivity index (χ1v) is 4.92. The number of nitrogens with zero attached hydrogens (tertiary/aromatic N) is 1. The second-order valence-corrected chi connectivity index (χ2v) is 3.32. The zero-order chi connectivity index (χ0) is 11.2. The van der Waals surface area contributed by atoms with Crippen molar-refractivity contribution in [3.63, 3.8) is 0 Å². The van der Waals surface area contributed by atoms with Gasteiger partial charge in [0.25, 0.3) is 0 Å². The van der Waals surface area contributed by atoms with Gasteiger partial charge < -0.3 is 5.32 Å². The molecule has 0 radical (unpaired) electrons. The molecule has 0 saturated heterocycles. The van der Waals surface area contributed by atoms with Crippen molar-refractivity contribution in [1.29, 1.82) is 0 Å². The maximum Gasteiger partial charge on any atom is 0.401 e. The zero-order valence-electron chi connectivity index (χ0n) is 8.99. The minimum absolute atomic E-state index is 0.146. The van der Waals surface area contributed by atoms with Crippen LogP contribution in [0.4, 0.5) is 13.2 Å². The van der Waals surface area contributed by atoms with Gasteiger partial charge in [-0.2, -0.15) is 13.2 Å². The highest BCUT2D eigenvalue weighted by atomic mass is 19.4. The van der Waals surface area contributed by atoms with E-state index in [4.69, 9.17) is 0 Å². The third kappa shape index (κ3) is 6.21. The summed E-state index contributed by atoms with van der Waals surface area (Å²) in [4.78, 5) is 2.11. The highest BCUT2D eigenvalue weighted by molar-refractivity contribution is 4.68. The van der Waals surface area contributed by atoms with E-state index in [2.05, 4.69) is 10.2 Å². The van der Waals surface area contributed by atoms with Crippen LogP contribution in [-0.2, 0) is 0 Å².